The van der Waals surface area contributed by atoms with Crippen molar-refractivity contribution in [1.29, 1.82) is 0 Å². The van der Waals surface area contributed by atoms with Crippen molar-refractivity contribution in [1.82, 2.24) is 0 Å². The minimum absolute atomic E-state index is 0.228. The monoisotopic (exact) mass is 428 g/mol. The first-order valence-electron chi connectivity index (χ1n) is 8.65. The zero-order valence-electron chi connectivity index (χ0n) is 18.1. The van der Waals surface area contributed by atoms with Gasteiger partial charge < -0.3 is 27.2 Å². The van der Waals surface area contributed by atoms with Crippen LogP contribution in [0.2, 0.25) is 49.7 Å². The first-order chi connectivity index (χ1) is 11.4. The maximum absolute atomic E-state index is 5.87. The first-order valence-corrected chi connectivity index (χ1v) is 20.1. The number of methoxy groups -OCH3 is 2. The summed E-state index contributed by atoms with van der Waals surface area (Å²) >= 11 is 0. The number of hydrogen-bond acceptors (Lipinski definition) is 6. The van der Waals surface area contributed by atoms with Crippen molar-refractivity contribution in [2.45, 2.75) is 55.7 Å². The Morgan fingerprint density at radius 2 is 0.880 bits per heavy atom. The van der Waals surface area contributed by atoms with Crippen LogP contribution < -0.4 is 0 Å². The van der Waals surface area contributed by atoms with Crippen molar-refractivity contribution in [3.05, 3.63) is 0 Å². The number of rotatable bonds is 13. The van der Waals surface area contributed by atoms with Gasteiger partial charge in [0.15, 0.2) is 0 Å². The summed E-state index contributed by atoms with van der Waals surface area (Å²) in [6.07, 6.45) is 0. The summed E-state index contributed by atoms with van der Waals surface area (Å²) in [4.78, 5) is 0. The van der Waals surface area contributed by atoms with E-state index in [4.69, 9.17) is 27.2 Å². The Balaban J connectivity index is 6.22. The van der Waals surface area contributed by atoms with Gasteiger partial charge in [-0.15, -0.1) is 0 Å². The smallest absolute Gasteiger partial charge is 0.331 e. The van der Waals surface area contributed by atoms with Crippen LogP contribution in [0.1, 0.15) is 0 Å². The second-order valence-electron chi connectivity index (χ2n) is 8.34. The maximum Gasteiger partial charge on any atom is 0.331 e. The molecule has 0 rings (SSSR count). The second kappa shape index (κ2) is 10.2. The SMILES string of the molecule is COC(OC)[Si](C[Si](C)(C)C)(C[Si](C)(OC)OC)C[Si](C)(OC)OC. The Morgan fingerprint density at radius 3 is 1.08 bits per heavy atom. The lowest BCUT2D eigenvalue weighted by molar-refractivity contribution is -0.0508. The second-order valence-corrected chi connectivity index (χ2v) is 27.1. The van der Waals surface area contributed by atoms with Gasteiger partial charge in [-0.1, -0.05) is 25.3 Å². The van der Waals surface area contributed by atoms with Crippen LogP contribution in [0.25, 0.3) is 0 Å². The Kier molecular flexibility index (Phi) is 10.5. The van der Waals surface area contributed by atoms with Crippen LogP contribution in [-0.2, 0) is 27.2 Å². The molecule has 0 atom stereocenters. The lowest BCUT2D eigenvalue weighted by Gasteiger charge is -2.46. The molecule has 152 valence electrons. The zero-order valence-corrected chi connectivity index (χ0v) is 22.1. The van der Waals surface area contributed by atoms with Crippen molar-refractivity contribution < 1.29 is 27.2 Å². The average molecular weight is 429 g/mol. The van der Waals surface area contributed by atoms with Crippen molar-refractivity contribution in [2.75, 3.05) is 42.7 Å². The minimum Gasteiger partial charge on any atom is -0.398 e. The van der Waals surface area contributed by atoms with Crippen LogP contribution in [0.5, 0.6) is 0 Å². The third-order valence-corrected chi connectivity index (χ3v) is 27.6. The average Bonchev–Trinajstić information content (AvgIpc) is 2.53. The summed E-state index contributed by atoms with van der Waals surface area (Å²) in [6, 6.07) is 0. The molecule has 0 fully saturated rings. The fraction of sp³-hybridized carbons (Fsp3) is 1.00. The molecule has 0 saturated heterocycles. The Labute approximate surface area is 159 Å². The summed E-state index contributed by atoms with van der Waals surface area (Å²) in [5.74, 6) is -0.228. The normalized spacial score (nSPS) is 14.4. The molecule has 0 saturated carbocycles. The molecule has 25 heavy (non-hydrogen) atoms. The van der Waals surface area contributed by atoms with Gasteiger partial charge in [0.2, 0.25) is 0 Å². The summed E-state index contributed by atoms with van der Waals surface area (Å²) in [6.45, 7) is 11.4. The van der Waals surface area contributed by atoms with Gasteiger partial charge in [-0.3, -0.25) is 0 Å². The van der Waals surface area contributed by atoms with E-state index in [-0.39, 0.29) is 5.91 Å². The standard InChI is InChI=1S/C15H40O6Si4/c1-16-15(17-2)25(12-22(7,8)9,13-23(10,18-3)19-4)14-24(11,20-5)21-6/h15H,12-14H2,1-11H3. The lowest BCUT2D eigenvalue weighted by Crippen LogP contribution is -2.63. The van der Waals surface area contributed by atoms with E-state index in [1.54, 1.807) is 42.7 Å². The highest BCUT2D eigenvalue weighted by Crippen LogP contribution is 2.39. The fourth-order valence-electron chi connectivity index (χ4n) is 3.82. The van der Waals surface area contributed by atoms with Gasteiger partial charge in [-0.05, 0) is 24.4 Å². The van der Waals surface area contributed by atoms with E-state index in [1.807, 2.05) is 0 Å². The van der Waals surface area contributed by atoms with Crippen molar-refractivity contribution in [2.24, 2.45) is 0 Å². The summed E-state index contributed by atoms with van der Waals surface area (Å²) in [7, 11) is 2.25. The van der Waals surface area contributed by atoms with Gasteiger partial charge in [0.05, 0.1) is 0 Å². The van der Waals surface area contributed by atoms with Crippen LogP contribution in [0.15, 0.2) is 0 Å². The molecule has 0 aliphatic rings. The summed E-state index contributed by atoms with van der Waals surface area (Å²) in [5, 5.41) is 0. The Morgan fingerprint density at radius 1 is 0.560 bits per heavy atom. The molecule has 0 aliphatic heterocycles. The molecule has 0 radical (unpaired) electrons. The van der Waals surface area contributed by atoms with Gasteiger partial charge in [-0.2, -0.15) is 0 Å². The number of hydrogen-bond donors (Lipinski definition) is 0. The fourth-order valence-corrected chi connectivity index (χ4v) is 33.0. The van der Waals surface area contributed by atoms with E-state index in [9.17, 15) is 0 Å². The largest absolute Gasteiger partial charge is 0.398 e. The third kappa shape index (κ3) is 7.64. The van der Waals surface area contributed by atoms with E-state index in [0.29, 0.717) is 0 Å². The van der Waals surface area contributed by atoms with E-state index in [2.05, 4.69) is 32.7 Å². The van der Waals surface area contributed by atoms with Crippen LogP contribution in [0.3, 0.4) is 0 Å². The maximum atomic E-state index is 5.87. The van der Waals surface area contributed by atoms with Gasteiger partial charge >= 0.3 is 17.1 Å². The predicted octanol–water partition coefficient (Wildman–Crippen LogP) is 3.28. The Bertz CT molecular complexity index is 359. The van der Waals surface area contributed by atoms with Crippen molar-refractivity contribution >= 4 is 33.3 Å². The molecule has 0 aliphatic carbocycles. The molecule has 0 bridgehead atoms. The number of ether oxygens (including phenoxy) is 2. The molecule has 0 aromatic carbocycles. The predicted molar refractivity (Wildman–Crippen MR) is 113 cm³/mol. The van der Waals surface area contributed by atoms with Crippen LogP contribution >= 0.6 is 0 Å². The van der Waals surface area contributed by atoms with Crippen molar-refractivity contribution in [3.63, 3.8) is 0 Å². The first kappa shape index (κ1) is 25.6. The van der Waals surface area contributed by atoms with E-state index in [0.717, 1.165) is 17.0 Å². The van der Waals surface area contributed by atoms with Gasteiger partial charge in [0.1, 0.15) is 14.0 Å². The zero-order chi connectivity index (χ0) is 19.9. The Hall–Kier alpha value is 0.628. The summed E-state index contributed by atoms with van der Waals surface area (Å²) < 4.78 is 35.2. The van der Waals surface area contributed by atoms with Gasteiger partial charge in [0.25, 0.3) is 0 Å². The highest BCUT2D eigenvalue weighted by molar-refractivity contribution is 7.06. The van der Waals surface area contributed by atoms with Gasteiger partial charge in [-0.25, -0.2) is 0 Å². The molecule has 0 spiro atoms. The molecule has 0 aromatic heterocycles. The van der Waals surface area contributed by atoms with Crippen LogP contribution in [-0.4, -0.2) is 81.8 Å². The quantitative estimate of drug-likeness (QED) is 0.331. The summed E-state index contributed by atoms with van der Waals surface area (Å²) in [5.41, 5.74) is 2.95. The molecule has 0 heterocycles. The molecular weight excluding hydrogens is 389 g/mol. The molecule has 0 amide bonds. The molecule has 0 aromatic rings. The highest BCUT2D eigenvalue weighted by Gasteiger charge is 2.56. The highest BCUT2D eigenvalue weighted by atomic mass is 28.5. The van der Waals surface area contributed by atoms with Gasteiger partial charge in [0, 0.05) is 50.7 Å². The minimum atomic E-state index is -2.32. The van der Waals surface area contributed by atoms with Crippen molar-refractivity contribution in [3.8, 4) is 0 Å². The van der Waals surface area contributed by atoms with Crippen LogP contribution in [0, 0.1) is 0 Å². The molecule has 10 heteroatoms. The van der Waals surface area contributed by atoms with E-state index >= 15 is 0 Å². The third-order valence-electron chi connectivity index (χ3n) is 4.88. The van der Waals surface area contributed by atoms with E-state index < -0.39 is 33.3 Å². The molecular formula is C15H40O6Si4. The molecule has 0 N–H and O–H groups in total. The molecule has 6 nitrogen and oxygen atoms in total. The van der Waals surface area contributed by atoms with E-state index in [1.165, 1.54) is 0 Å². The molecule has 0 unspecified atom stereocenters. The topological polar surface area (TPSA) is 55.4 Å². The lowest BCUT2D eigenvalue weighted by atomic mass is 11.3. The van der Waals surface area contributed by atoms with Crippen LogP contribution in [0.4, 0.5) is 0 Å².